The average Bonchev–Trinajstić information content (AvgIpc) is 2.37. The van der Waals surface area contributed by atoms with Crippen LogP contribution in [0.25, 0.3) is 0 Å². The van der Waals surface area contributed by atoms with Gasteiger partial charge in [0, 0.05) is 17.0 Å². The predicted molar refractivity (Wildman–Crippen MR) is 70.9 cm³/mol. The quantitative estimate of drug-likeness (QED) is 0.885. The summed E-state index contributed by atoms with van der Waals surface area (Å²) in [5.74, 6) is -0.417. The van der Waals surface area contributed by atoms with Crippen molar-refractivity contribution in [3.63, 3.8) is 0 Å². The first-order valence-corrected chi connectivity index (χ1v) is 6.79. The lowest BCUT2D eigenvalue weighted by Gasteiger charge is -2.40. The van der Waals surface area contributed by atoms with Crippen LogP contribution in [0.5, 0.6) is 0 Å². The summed E-state index contributed by atoms with van der Waals surface area (Å²) in [6.07, 6.45) is 4.35. The number of aliphatic hydroxyl groups is 1. The van der Waals surface area contributed by atoms with E-state index in [-0.39, 0.29) is 5.41 Å². The predicted octanol–water partition coefficient (Wildman–Crippen LogP) is 3.42. The third-order valence-electron chi connectivity index (χ3n) is 4.04. The Morgan fingerprint density at radius 1 is 1.28 bits per heavy atom. The second-order valence-electron chi connectivity index (χ2n) is 5.23. The molecule has 1 aliphatic carbocycles. The van der Waals surface area contributed by atoms with Crippen molar-refractivity contribution in [1.29, 1.82) is 0 Å². The molecule has 4 heteroatoms. The zero-order valence-corrected chi connectivity index (χ0v) is 11.1. The summed E-state index contributed by atoms with van der Waals surface area (Å²) >= 11 is 5.84. The molecule has 0 heterocycles. The molecule has 1 atom stereocenters. The highest BCUT2D eigenvalue weighted by Crippen LogP contribution is 2.45. The second kappa shape index (κ2) is 5.55. The van der Waals surface area contributed by atoms with E-state index in [4.69, 9.17) is 17.3 Å². The Balaban J connectivity index is 2.30. The molecule has 0 aliphatic heterocycles. The second-order valence-corrected chi connectivity index (χ2v) is 5.67. The van der Waals surface area contributed by atoms with E-state index in [0.717, 1.165) is 25.7 Å². The lowest BCUT2D eigenvalue weighted by Crippen LogP contribution is -2.38. The van der Waals surface area contributed by atoms with Crippen LogP contribution in [0.1, 0.15) is 43.8 Å². The monoisotopic (exact) mass is 271 g/mol. The number of hydrogen-bond donors (Lipinski definition) is 2. The lowest BCUT2D eigenvalue weighted by atomic mass is 9.68. The number of benzene rings is 1. The molecule has 1 fully saturated rings. The summed E-state index contributed by atoms with van der Waals surface area (Å²) < 4.78 is 13.4. The summed E-state index contributed by atoms with van der Waals surface area (Å²) in [7, 11) is 0. The molecule has 0 saturated heterocycles. The largest absolute Gasteiger partial charge is 0.388 e. The van der Waals surface area contributed by atoms with E-state index in [9.17, 15) is 9.50 Å². The summed E-state index contributed by atoms with van der Waals surface area (Å²) in [5.41, 5.74) is 6.08. The normalized spacial score (nSPS) is 20.7. The average molecular weight is 272 g/mol. The minimum atomic E-state index is -0.740. The molecule has 1 aliphatic rings. The van der Waals surface area contributed by atoms with E-state index < -0.39 is 11.9 Å². The summed E-state index contributed by atoms with van der Waals surface area (Å²) in [6.45, 7) is 0.419. The number of hydrogen-bond acceptors (Lipinski definition) is 2. The van der Waals surface area contributed by atoms with Crippen molar-refractivity contribution in [1.82, 2.24) is 0 Å². The molecule has 1 aromatic rings. The Bertz CT molecular complexity index is 398. The molecule has 2 nitrogen and oxygen atoms in total. The van der Waals surface area contributed by atoms with Gasteiger partial charge in [0.15, 0.2) is 0 Å². The molecular weight excluding hydrogens is 253 g/mol. The maximum atomic E-state index is 13.4. The Labute approximate surface area is 112 Å². The van der Waals surface area contributed by atoms with E-state index in [1.54, 1.807) is 6.07 Å². The van der Waals surface area contributed by atoms with Crippen LogP contribution in [0.3, 0.4) is 0 Å². The molecule has 0 bridgehead atoms. The van der Waals surface area contributed by atoms with Crippen molar-refractivity contribution in [3.8, 4) is 0 Å². The van der Waals surface area contributed by atoms with Crippen LogP contribution in [0.15, 0.2) is 18.2 Å². The third kappa shape index (κ3) is 2.68. The molecule has 100 valence electrons. The molecule has 1 aromatic carbocycles. The first-order chi connectivity index (χ1) is 8.57. The fraction of sp³-hybridized carbons (Fsp3) is 0.571. The number of rotatable bonds is 3. The molecule has 18 heavy (non-hydrogen) atoms. The van der Waals surface area contributed by atoms with Gasteiger partial charge in [0.05, 0.1) is 6.10 Å². The topological polar surface area (TPSA) is 46.2 Å². The van der Waals surface area contributed by atoms with Crippen LogP contribution in [-0.4, -0.2) is 11.7 Å². The first kappa shape index (κ1) is 13.8. The van der Waals surface area contributed by atoms with Gasteiger partial charge in [0.1, 0.15) is 5.82 Å². The zero-order chi connectivity index (χ0) is 13.2. The summed E-state index contributed by atoms with van der Waals surface area (Å²) in [5, 5.41) is 10.9. The maximum Gasteiger partial charge on any atom is 0.125 e. The SMILES string of the molecule is NCC1(C(O)c2cc(F)cc(Cl)c2)CCCCC1. The number of nitrogens with two attached hydrogens (primary N) is 1. The van der Waals surface area contributed by atoms with Gasteiger partial charge < -0.3 is 10.8 Å². The van der Waals surface area contributed by atoms with Crippen molar-refractivity contribution < 1.29 is 9.50 Å². The van der Waals surface area contributed by atoms with Crippen molar-refractivity contribution in [3.05, 3.63) is 34.6 Å². The molecule has 0 aromatic heterocycles. The van der Waals surface area contributed by atoms with Gasteiger partial charge in [-0.15, -0.1) is 0 Å². The van der Waals surface area contributed by atoms with Crippen molar-refractivity contribution in [2.75, 3.05) is 6.54 Å². The molecule has 0 radical (unpaired) electrons. The van der Waals surface area contributed by atoms with Crippen LogP contribution in [0.2, 0.25) is 5.02 Å². The summed E-state index contributed by atoms with van der Waals surface area (Å²) in [6, 6.07) is 4.22. The highest BCUT2D eigenvalue weighted by atomic mass is 35.5. The molecule has 1 unspecified atom stereocenters. The minimum Gasteiger partial charge on any atom is -0.388 e. The van der Waals surface area contributed by atoms with Gasteiger partial charge >= 0.3 is 0 Å². The van der Waals surface area contributed by atoms with E-state index in [1.807, 2.05) is 0 Å². The standard InChI is InChI=1S/C14H19ClFNO/c15-11-6-10(7-12(16)8-11)13(18)14(9-17)4-2-1-3-5-14/h6-8,13,18H,1-5,9,17H2. The molecule has 0 amide bonds. The Hall–Kier alpha value is -0.640. The summed E-state index contributed by atoms with van der Waals surface area (Å²) in [4.78, 5) is 0. The molecule has 1 saturated carbocycles. The molecular formula is C14H19ClFNO. The van der Waals surface area contributed by atoms with Gasteiger partial charge in [-0.25, -0.2) is 4.39 Å². The van der Waals surface area contributed by atoms with Crippen molar-refractivity contribution in [2.24, 2.45) is 11.1 Å². The number of halogens is 2. The van der Waals surface area contributed by atoms with Crippen LogP contribution < -0.4 is 5.73 Å². The maximum absolute atomic E-state index is 13.4. The highest BCUT2D eigenvalue weighted by molar-refractivity contribution is 6.30. The van der Waals surface area contributed by atoms with Gasteiger partial charge in [-0.2, -0.15) is 0 Å². The first-order valence-electron chi connectivity index (χ1n) is 6.41. The van der Waals surface area contributed by atoms with Crippen LogP contribution in [-0.2, 0) is 0 Å². The van der Waals surface area contributed by atoms with E-state index in [1.165, 1.54) is 18.6 Å². The zero-order valence-electron chi connectivity index (χ0n) is 10.3. The van der Waals surface area contributed by atoms with Crippen molar-refractivity contribution >= 4 is 11.6 Å². The van der Waals surface area contributed by atoms with E-state index in [0.29, 0.717) is 17.1 Å². The van der Waals surface area contributed by atoms with Gasteiger partial charge in [0.2, 0.25) is 0 Å². The molecule has 2 rings (SSSR count). The Morgan fingerprint density at radius 2 is 1.94 bits per heavy atom. The highest BCUT2D eigenvalue weighted by Gasteiger charge is 2.38. The fourth-order valence-electron chi connectivity index (χ4n) is 2.93. The van der Waals surface area contributed by atoms with Crippen molar-refractivity contribution in [2.45, 2.75) is 38.2 Å². The van der Waals surface area contributed by atoms with Gasteiger partial charge in [-0.3, -0.25) is 0 Å². The Morgan fingerprint density at radius 3 is 2.50 bits per heavy atom. The fourth-order valence-corrected chi connectivity index (χ4v) is 3.16. The van der Waals surface area contributed by atoms with E-state index in [2.05, 4.69) is 0 Å². The lowest BCUT2D eigenvalue weighted by molar-refractivity contribution is 0.000526. The van der Waals surface area contributed by atoms with Gasteiger partial charge in [-0.05, 0) is 36.6 Å². The van der Waals surface area contributed by atoms with Crippen LogP contribution in [0.4, 0.5) is 4.39 Å². The minimum absolute atomic E-state index is 0.312. The number of aliphatic hydroxyl groups excluding tert-OH is 1. The smallest absolute Gasteiger partial charge is 0.125 e. The molecule has 0 spiro atoms. The van der Waals surface area contributed by atoms with Crippen LogP contribution >= 0.6 is 11.6 Å². The van der Waals surface area contributed by atoms with Crippen LogP contribution in [0, 0.1) is 11.2 Å². The molecule has 3 N–H and O–H groups in total. The third-order valence-corrected chi connectivity index (χ3v) is 4.25. The Kier molecular flexibility index (Phi) is 4.25. The van der Waals surface area contributed by atoms with E-state index >= 15 is 0 Å². The van der Waals surface area contributed by atoms with Gasteiger partial charge in [-0.1, -0.05) is 30.9 Å². The van der Waals surface area contributed by atoms with Gasteiger partial charge in [0.25, 0.3) is 0 Å².